The zero-order valence-corrected chi connectivity index (χ0v) is 18.0. The third-order valence-electron chi connectivity index (χ3n) is 7.09. The smallest absolute Gasteiger partial charge is 0.330 e. The highest BCUT2D eigenvalue weighted by atomic mass is 16.6. The number of nitro benzene ring substituents is 1. The van der Waals surface area contributed by atoms with E-state index in [4.69, 9.17) is 0 Å². The molecular weight excluding hydrogens is 424 g/mol. The number of carbonyl (C=O) groups excluding carboxylic acids is 3. The molecule has 1 N–H and O–H groups in total. The van der Waals surface area contributed by atoms with Crippen LogP contribution in [0.5, 0.6) is 0 Å². The van der Waals surface area contributed by atoms with Crippen molar-refractivity contribution in [2.45, 2.75) is 38.1 Å². The number of fused-ring (bicyclic) bond motifs is 4. The molecule has 3 aliphatic heterocycles. The normalized spacial score (nSPS) is 24.4. The molecule has 2 aromatic carbocycles. The lowest BCUT2D eigenvalue weighted by Crippen LogP contribution is -2.72. The maximum atomic E-state index is 13.9. The number of nitrogens with zero attached hydrogens (tertiary/aromatic N) is 3. The fraction of sp³-hybridized carbons (Fsp3) is 0.375. The second kappa shape index (κ2) is 7.99. The number of anilines is 1. The number of piperidine rings is 1. The van der Waals surface area contributed by atoms with E-state index in [1.54, 1.807) is 6.07 Å². The van der Waals surface area contributed by atoms with Gasteiger partial charge in [-0.25, -0.2) is 4.79 Å². The quantitative estimate of drug-likeness (QED) is 0.437. The van der Waals surface area contributed by atoms with Crippen molar-refractivity contribution in [2.75, 3.05) is 18.0 Å². The molecule has 5 rings (SSSR count). The van der Waals surface area contributed by atoms with Crippen LogP contribution in [0.25, 0.3) is 0 Å². The number of non-ortho nitro benzene ring substituents is 1. The molecule has 9 nitrogen and oxygen atoms in total. The summed E-state index contributed by atoms with van der Waals surface area (Å²) < 4.78 is 0. The van der Waals surface area contributed by atoms with E-state index in [9.17, 15) is 24.5 Å². The third kappa shape index (κ3) is 3.35. The number of carbonyl (C=O) groups is 3. The standard InChI is InChI=1S/C24H24N4O5/c29-21-24(22(30)27(23(31)25-21)13-11-16-6-2-1-3-7-16)15-17-14-18(28(32)33)9-10-19(17)26-12-5-4-8-20(24)26/h1-3,6-7,9-10,14,20H,4-5,8,11-13,15H2,(H,25,29,31). The second-order valence-electron chi connectivity index (χ2n) is 8.87. The van der Waals surface area contributed by atoms with Gasteiger partial charge in [0.2, 0.25) is 11.8 Å². The number of barbiturate groups is 1. The van der Waals surface area contributed by atoms with Gasteiger partial charge in [-0.15, -0.1) is 0 Å². The summed E-state index contributed by atoms with van der Waals surface area (Å²) in [5.41, 5.74) is 0.813. The highest BCUT2D eigenvalue weighted by molar-refractivity contribution is 6.20. The van der Waals surface area contributed by atoms with Gasteiger partial charge in [-0.1, -0.05) is 30.3 Å². The van der Waals surface area contributed by atoms with E-state index in [0.29, 0.717) is 24.9 Å². The van der Waals surface area contributed by atoms with E-state index in [1.807, 2.05) is 35.2 Å². The van der Waals surface area contributed by atoms with Gasteiger partial charge in [0.1, 0.15) is 0 Å². The lowest BCUT2D eigenvalue weighted by Gasteiger charge is -2.53. The molecule has 2 aromatic rings. The van der Waals surface area contributed by atoms with Gasteiger partial charge in [0.15, 0.2) is 5.41 Å². The van der Waals surface area contributed by atoms with E-state index in [-0.39, 0.29) is 18.7 Å². The summed E-state index contributed by atoms with van der Waals surface area (Å²) in [6.07, 6.45) is 2.90. The topological polar surface area (TPSA) is 113 Å². The van der Waals surface area contributed by atoms with Crippen LogP contribution in [0.4, 0.5) is 16.2 Å². The Kier molecular flexibility index (Phi) is 5.11. The largest absolute Gasteiger partial charge is 0.367 e. The van der Waals surface area contributed by atoms with Crippen LogP contribution in [-0.4, -0.2) is 46.8 Å². The van der Waals surface area contributed by atoms with Crippen LogP contribution in [0.2, 0.25) is 0 Å². The Balaban J connectivity index is 1.54. The molecule has 3 aliphatic rings. The first kappa shape index (κ1) is 21.1. The highest BCUT2D eigenvalue weighted by Crippen LogP contribution is 2.48. The molecule has 0 saturated carbocycles. The molecule has 9 heteroatoms. The van der Waals surface area contributed by atoms with Gasteiger partial charge in [-0.2, -0.15) is 0 Å². The fourth-order valence-electron chi connectivity index (χ4n) is 5.50. The van der Waals surface area contributed by atoms with Crippen molar-refractivity contribution in [1.82, 2.24) is 10.2 Å². The van der Waals surface area contributed by atoms with Crippen LogP contribution in [0.1, 0.15) is 30.4 Å². The van der Waals surface area contributed by atoms with E-state index in [0.717, 1.165) is 29.0 Å². The predicted octanol–water partition coefficient (Wildman–Crippen LogP) is 2.82. The second-order valence-corrected chi connectivity index (χ2v) is 8.87. The summed E-state index contributed by atoms with van der Waals surface area (Å²) in [5, 5.41) is 13.8. The molecule has 2 saturated heterocycles. The Labute approximate surface area is 190 Å². The molecular formula is C24H24N4O5. The van der Waals surface area contributed by atoms with Gasteiger partial charge >= 0.3 is 6.03 Å². The number of rotatable bonds is 4. The van der Waals surface area contributed by atoms with E-state index >= 15 is 0 Å². The summed E-state index contributed by atoms with van der Waals surface area (Å²) in [5.74, 6) is -1.12. The van der Waals surface area contributed by atoms with Gasteiger partial charge in [0.25, 0.3) is 5.69 Å². The van der Waals surface area contributed by atoms with Crippen LogP contribution in [-0.2, 0) is 22.4 Å². The van der Waals surface area contributed by atoms with Crippen molar-refractivity contribution in [3.8, 4) is 0 Å². The molecule has 3 heterocycles. The number of benzene rings is 2. The number of nitro groups is 1. The number of imide groups is 2. The molecule has 0 aliphatic carbocycles. The average Bonchev–Trinajstić information content (AvgIpc) is 2.82. The van der Waals surface area contributed by atoms with Crippen molar-refractivity contribution < 1.29 is 19.3 Å². The Morgan fingerprint density at radius 1 is 1.09 bits per heavy atom. The molecule has 2 unspecified atom stereocenters. The average molecular weight is 448 g/mol. The van der Waals surface area contributed by atoms with Crippen LogP contribution >= 0.6 is 0 Å². The maximum Gasteiger partial charge on any atom is 0.330 e. The monoisotopic (exact) mass is 448 g/mol. The molecule has 0 bridgehead atoms. The van der Waals surface area contributed by atoms with Gasteiger partial charge in [0.05, 0.1) is 11.0 Å². The molecule has 2 atom stereocenters. The SMILES string of the molecule is O=C1NC(=O)C2(Cc3cc([N+](=O)[O-])ccc3N3CCCCC32)C(=O)N1CCc1ccccc1. The van der Waals surface area contributed by atoms with E-state index in [1.165, 1.54) is 12.1 Å². The minimum absolute atomic E-state index is 0.0327. The number of urea groups is 1. The summed E-state index contributed by atoms with van der Waals surface area (Å²) in [7, 11) is 0. The number of hydrogen-bond donors (Lipinski definition) is 1. The van der Waals surface area contributed by atoms with Crippen molar-refractivity contribution in [1.29, 1.82) is 0 Å². The zero-order valence-electron chi connectivity index (χ0n) is 18.0. The number of nitrogens with one attached hydrogen (secondary N) is 1. The van der Waals surface area contributed by atoms with Gasteiger partial charge in [0, 0.05) is 37.3 Å². The van der Waals surface area contributed by atoms with Crippen LogP contribution in [0.15, 0.2) is 48.5 Å². The number of amides is 4. The van der Waals surface area contributed by atoms with E-state index < -0.39 is 34.2 Å². The summed E-state index contributed by atoms with van der Waals surface area (Å²) in [4.78, 5) is 54.0. The molecule has 170 valence electrons. The molecule has 1 spiro atoms. The van der Waals surface area contributed by atoms with Crippen LogP contribution in [0.3, 0.4) is 0 Å². The highest BCUT2D eigenvalue weighted by Gasteiger charge is 2.62. The van der Waals surface area contributed by atoms with E-state index in [2.05, 4.69) is 5.32 Å². The Hall–Kier alpha value is -3.75. The lowest BCUT2D eigenvalue weighted by molar-refractivity contribution is -0.384. The molecule has 0 radical (unpaired) electrons. The van der Waals surface area contributed by atoms with Crippen molar-refractivity contribution in [3.05, 3.63) is 69.8 Å². The Morgan fingerprint density at radius 2 is 1.88 bits per heavy atom. The first-order chi connectivity index (χ1) is 15.9. The lowest BCUT2D eigenvalue weighted by atomic mass is 9.66. The van der Waals surface area contributed by atoms with Crippen LogP contribution in [0, 0.1) is 15.5 Å². The minimum atomic E-state index is -1.49. The van der Waals surface area contributed by atoms with Gasteiger partial charge < -0.3 is 4.90 Å². The molecule has 0 aromatic heterocycles. The first-order valence-corrected chi connectivity index (χ1v) is 11.2. The van der Waals surface area contributed by atoms with Crippen molar-refractivity contribution >= 4 is 29.2 Å². The van der Waals surface area contributed by atoms with Crippen LogP contribution < -0.4 is 10.2 Å². The Bertz CT molecular complexity index is 1150. The molecule has 2 fully saturated rings. The molecule has 33 heavy (non-hydrogen) atoms. The van der Waals surface area contributed by atoms with Crippen molar-refractivity contribution in [2.24, 2.45) is 5.41 Å². The van der Waals surface area contributed by atoms with Gasteiger partial charge in [-0.3, -0.25) is 29.9 Å². The summed E-state index contributed by atoms with van der Waals surface area (Å²) in [6, 6.07) is 13.0. The first-order valence-electron chi connectivity index (χ1n) is 11.2. The van der Waals surface area contributed by atoms with Crippen molar-refractivity contribution in [3.63, 3.8) is 0 Å². The molecule has 4 amide bonds. The number of hydrogen-bond acceptors (Lipinski definition) is 6. The predicted molar refractivity (Wildman–Crippen MR) is 120 cm³/mol. The maximum absolute atomic E-state index is 13.9. The summed E-state index contributed by atoms with van der Waals surface area (Å²) >= 11 is 0. The third-order valence-corrected chi connectivity index (χ3v) is 7.09. The van der Waals surface area contributed by atoms with Gasteiger partial charge in [-0.05, 0) is 42.9 Å². The Morgan fingerprint density at radius 3 is 2.64 bits per heavy atom. The zero-order chi connectivity index (χ0) is 23.2. The fourth-order valence-corrected chi connectivity index (χ4v) is 5.50. The minimum Gasteiger partial charge on any atom is -0.367 e. The summed E-state index contributed by atoms with van der Waals surface area (Å²) in [6.45, 7) is 0.800.